The van der Waals surface area contributed by atoms with Crippen molar-refractivity contribution in [2.24, 2.45) is 5.73 Å². The van der Waals surface area contributed by atoms with Crippen LogP contribution < -0.4 is 5.73 Å². The first-order chi connectivity index (χ1) is 10.0. The smallest absolute Gasteiger partial charge is 0.323 e. The Morgan fingerprint density at radius 3 is 2.36 bits per heavy atom. The molecule has 1 saturated heterocycles. The van der Waals surface area contributed by atoms with Crippen molar-refractivity contribution in [1.82, 2.24) is 4.90 Å². The molecule has 0 radical (unpaired) electrons. The first-order valence-corrected chi connectivity index (χ1v) is 7.41. The van der Waals surface area contributed by atoms with E-state index >= 15 is 0 Å². The van der Waals surface area contributed by atoms with Crippen molar-refractivity contribution in [3.8, 4) is 0 Å². The van der Waals surface area contributed by atoms with Gasteiger partial charge in [0.25, 0.3) is 0 Å². The average Bonchev–Trinajstić information content (AvgIpc) is 2.85. The Morgan fingerprint density at radius 2 is 1.86 bits per heavy atom. The van der Waals surface area contributed by atoms with Crippen molar-refractivity contribution < 1.29 is 17.6 Å². The van der Waals surface area contributed by atoms with Crippen LogP contribution in [0.4, 0.5) is 17.6 Å². The molecule has 0 bridgehead atoms. The van der Waals surface area contributed by atoms with Crippen molar-refractivity contribution in [3.05, 3.63) is 35.1 Å². The van der Waals surface area contributed by atoms with Crippen LogP contribution >= 0.6 is 0 Å². The number of hydrogen-bond acceptors (Lipinski definition) is 2. The highest BCUT2D eigenvalue weighted by molar-refractivity contribution is 5.29. The topological polar surface area (TPSA) is 29.3 Å². The summed E-state index contributed by atoms with van der Waals surface area (Å²) in [5, 5.41) is 0. The Bertz CT molecular complexity index is 534. The molecular weight excluding hydrogens is 296 g/mol. The van der Waals surface area contributed by atoms with Crippen LogP contribution in [0.1, 0.15) is 50.8 Å². The number of hydrogen-bond donors (Lipinski definition) is 1. The number of benzene rings is 1. The Morgan fingerprint density at radius 1 is 1.23 bits per heavy atom. The number of alkyl halides is 3. The molecule has 2 nitrogen and oxygen atoms in total. The largest absolute Gasteiger partial charge is 0.419 e. The van der Waals surface area contributed by atoms with Gasteiger partial charge in [-0.05, 0) is 57.9 Å². The van der Waals surface area contributed by atoms with E-state index in [2.05, 4.69) is 25.7 Å². The van der Waals surface area contributed by atoms with E-state index in [0.717, 1.165) is 31.5 Å². The lowest BCUT2D eigenvalue weighted by Crippen LogP contribution is -2.48. The predicted molar refractivity (Wildman–Crippen MR) is 77.8 cm³/mol. The Hall–Kier alpha value is -1.14. The maximum absolute atomic E-state index is 13.7. The molecule has 1 heterocycles. The molecule has 0 unspecified atom stereocenters. The Kier molecular flexibility index (Phi) is 4.55. The van der Waals surface area contributed by atoms with Crippen LogP contribution in [0.25, 0.3) is 0 Å². The third-order valence-corrected chi connectivity index (χ3v) is 4.26. The minimum Gasteiger partial charge on any atom is -0.323 e. The lowest BCUT2D eigenvalue weighted by atomic mass is 9.94. The summed E-state index contributed by atoms with van der Waals surface area (Å²) >= 11 is 0. The van der Waals surface area contributed by atoms with Crippen molar-refractivity contribution in [3.63, 3.8) is 0 Å². The summed E-state index contributed by atoms with van der Waals surface area (Å²) < 4.78 is 51.6. The van der Waals surface area contributed by atoms with Gasteiger partial charge in [-0.15, -0.1) is 0 Å². The summed E-state index contributed by atoms with van der Waals surface area (Å²) in [5.41, 5.74) is 5.31. The molecule has 0 spiro atoms. The highest BCUT2D eigenvalue weighted by Crippen LogP contribution is 2.36. The van der Waals surface area contributed by atoms with E-state index in [9.17, 15) is 17.6 Å². The van der Waals surface area contributed by atoms with Crippen LogP contribution in [0.2, 0.25) is 0 Å². The fourth-order valence-electron chi connectivity index (χ4n) is 3.19. The highest BCUT2D eigenvalue weighted by atomic mass is 19.4. The molecule has 2 rings (SSSR count). The van der Waals surface area contributed by atoms with E-state index in [-0.39, 0.29) is 11.6 Å². The van der Waals surface area contributed by atoms with Crippen LogP contribution in [0, 0.1) is 5.82 Å². The van der Waals surface area contributed by atoms with Gasteiger partial charge in [-0.2, -0.15) is 13.2 Å². The Labute approximate surface area is 128 Å². The van der Waals surface area contributed by atoms with Gasteiger partial charge in [0.05, 0.1) is 5.56 Å². The van der Waals surface area contributed by atoms with Gasteiger partial charge in [0.2, 0.25) is 0 Å². The fraction of sp³-hybridized carbons (Fsp3) is 0.625. The van der Waals surface area contributed by atoms with Crippen LogP contribution in [-0.4, -0.2) is 23.0 Å². The SMILES string of the molecule is CC(C)(C)N1CCC[C@H]1[C@@H](N)c1ccc(C(F)(F)F)c(F)c1. The third kappa shape index (κ3) is 3.43. The van der Waals surface area contributed by atoms with Gasteiger partial charge in [0.1, 0.15) is 5.82 Å². The quantitative estimate of drug-likeness (QED) is 0.832. The molecule has 6 heteroatoms. The van der Waals surface area contributed by atoms with E-state index in [1.165, 1.54) is 6.07 Å². The van der Waals surface area contributed by atoms with E-state index in [1.54, 1.807) is 0 Å². The van der Waals surface area contributed by atoms with Gasteiger partial charge < -0.3 is 5.73 Å². The first-order valence-electron chi connectivity index (χ1n) is 7.41. The summed E-state index contributed by atoms with van der Waals surface area (Å²) in [7, 11) is 0. The maximum Gasteiger partial charge on any atom is 0.419 e. The van der Waals surface area contributed by atoms with E-state index in [1.807, 2.05) is 0 Å². The van der Waals surface area contributed by atoms with Crippen LogP contribution in [0.5, 0.6) is 0 Å². The van der Waals surface area contributed by atoms with E-state index in [0.29, 0.717) is 5.56 Å². The summed E-state index contributed by atoms with van der Waals surface area (Å²) in [6, 6.07) is 2.50. The summed E-state index contributed by atoms with van der Waals surface area (Å²) in [6.07, 6.45) is -2.84. The standard InChI is InChI=1S/C16H22F4N2/c1-15(2,3)22-8-4-5-13(22)14(21)10-6-7-11(12(17)9-10)16(18,19)20/h6-7,9,13-14H,4-5,8,21H2,1-3H3/t13-,14-/m0/s1. The molecule has 0 aromatic heterocycles. The monoisotopic (exact) mass is 318 g/mol. The minimum absolute atomic E-state index is 0.0103. The minimum atomic E-state index is -4.68. The summed E-state index contributed by atoms with van der Waals surface area (Å²) in [5.74, 6) is -1.26. The zero-order valence-corrected chi connectivity index (χ0v) is 13.0. The lowest BCUT2D eigenvalue weighted by Gasteiger charge is -2.39. The second-order valence-electron chi connectivity index (χ2n) is 6.84. The molecule has 0 aliphatic carbocycles. The van der Waals surface area contributed by atoms with Gasteiger partial charge >= 0.3 is 6.18 Å². The fourth-order valence-corrected chi connectivity index (χ4v) is 3.19. The number of halogens is 4. The van der Waals surface area contributed by atoms with Crippen LogP contribution in [0.3, 0.4) is 0 Å². The second kappa shape index (κ2) is 5.81. The van der Waals surface area contributed by atoms with Gasteiger partial charge in [0, 0.05) is 17.6 Å². The second-order valence-corrected chi connectivity index (χ2v) is 6.84. The molecule has 0 saturated carbocycles. The Balaban J connectivity index is 2.27. The van der Waals surface area contributed by atoms with Crippen LogP contribution in [-0.2, 0) is 6.18 Å². The van der Waals surface area contributed by atoms with Gasteiger partial charge in [-0.1, -0.05) is 6.07 Å². The van der Waals surface area contributed by atoms with Crippen LogP contribution in [0.15, 0.2) is 18.2 Å². The molecule has 22 heavy (non-hydrogen) atoms. The molecular formula is C16H22F4N2. The molecule has 2 atom stereocenters. The maximum atomic E-state index is 13.7. The normalized spacial score (nSPS) is 22.1. The highest BCUT2D eigenvalue weighted by Gasteiger charge is 2.38. The average molecular weight is 318 g/mol. The molecule has 1 aromatic rings. The van der Waals surface area contributed by atoms with Crippen molar-refractivity contribution in [2.45, 2.75) is 57.4 Å². The van der Waals surface area contributed by atoms with Crippen molar-refractivity contribution in [2.75, 3.05) is 6.54 Å². The van der Waals surface area contributed by atoms with E-state index < -0.39 is 23.6 Å². The molecule has 2 N–H and O–H groups in total. The van der Waals surface area contributed by atoms with Gasteiger partial charge in [0.15, 0.2) is 0 Å². The predicted octanol–water partition coefficient (Wildman–Crippen LogP) is 4.11. The first kappa shape index (κ1) is 17.2. The number of nitrogens with two attached hydrogens (primary N) is 1. The lowest BCUT2D eigenvalue weighted by molar-refractivity contribution is -0.140. The van der Waals surface area contributed by atoms with Gasteiger partial charge in [-0.25, -0.2) is 4.39 Å². The number of rotatable bonds is 2. The third-order valence-electron chi connectivity index (χ3n) is 4.26. The van der Waals surface area contributed by atoms with Crippen molar-refractivity contribution in [1.29, 1.82) is 0 Å². The van der Waals surface area contributed by atoms with Crippen molar-refractivity contribution >= 4 is 0 Å². The molecule has 0 amide bonds. The summed E-state index contributed by atoms with van der Waals surface area (Å²) in [6.45, 7) is 7.12. The molecule has 1 aliphatic heterocycles. The molecule has 1 aliphatic rings. The zero-order valence-electron chi connectivity index (χ0n) is 13.0. The zero-order chi connectivity index (χ0) is 16.7. The van der Waals surface area contributed by atoms with Gasteiger partial charge in [-0.3, -0.25) is 4.90 Å². The number of likely N-dealkylation sites (tertiary alicyclic amines) is 1. The number of nitrogens with zero attached hydrogens (tertiary/aromatic N) is 1. The summed E-state index contributed by atoms with van der Waals surface area (Å²) in [4.78, 5) is 2.24. The molecule has 124 valence electrons. The molecule has 1 aromatic carbocycles. The molecule has 1 fully saturated rings. The van der Waals surface area contributed by atoms with E-state index in [4.69, 9.17) is 5.73 Å².